The van der Waals surface area contributed by atoms with Crippen LogP contribution in [0, 0.1) is 0 Å². The van der Waals surface area contributed by atoms with Gasteiger partial charge in [0.15, 0.2) is 0 Å². The van der Waals surface area contributed by atoms with Gasteiger partial charge in [-0.05, 0) is 32.9 Å². The molecule has 0 N–H and O–H groups in total. The first-order valence-corrected chi connectivity index (χ1v) is 8.66. The summed E-state index contributed by atoms with van der Waals surface area (Å²) < 4.78 is 23.9. The van der Waals surface area contributed by atoms with Crippen molar-refractivity contribution in [1.82, 2.24) is 9.37 Å². The van der Waals surface area contributed by atoms with Gasteiger partial charge in [-0.3, -0.25) is 0 Å². The third-order valence-electron chi connectivity index (χ3n) is 2.78. The van der Waals surface area contributed by atoms with Gasteiger partial charge < -0.3 is 0 Å². The Hall–Kier alpha value is -1.02. The highest BCUT2D eigenvalue weighted by molar-refractivity contribution is 8.12. The third kappa shape index (κ3) is 3.26. The maximum atomic E-state index is 12.3. The molecule has 0 radical (unpaired) electrons. The molecule has 0 aliphatic carbocycles. The van der Waals surface area contributed by atoms with Gasteiger partial charge in [0.2, 0.25) is 6.23 Å². The predicted octanol–water partition coefficient (Wildman–Crippen LogP) is 3.29. The van der Waals surface area contributed by atoms with E-state index in [0.29, 0.717) is 14.9 Å². The van der Waals surface area contributed by atoms with E-state index >= 15 is 0 Å². The van der Waals surface area contributed by atoms with Crippen LogP contribution in [0.2, 0.25) is 5.02 Å². The molecular formula is C12H14Cl2N2O4S. The quantitative estimate of drug-likeness (QED) is 0.766. The zero-order valence-electron chi connectivity index (χ0n) is 11.6. The number of halogens is 2. The Bertz CT molecular complexity index is 655. The van der Waals surface area contributed by atoms with Gasteiger partial charge in [-0.25, -0.2) is 9.63 Å². The van der Waals surface area contributed by atoms with Gasteiger partial charge in [-0.15, -0.1) is 0 Å². The molecule has 1 heterocycles. The molecule has 0 saturated carbocycles. The average Bonchev–Trinajstić information content (AvgIpc) is 2.67. The molecule has 116 valence electrons. The Balaban J connectivity index is 2.48. The smallest absolute Gasteiger partial charge is 0.245 e. The van der Waals surface area contributed by atoms with E-state index in [1.807, 2.05) is 0 Å². The topological polar surface area (TPSA) is 66.9 Å². The number of urea groups is 1. The van der Waals surface area contributed by atoms with Crippen LogP contribution in [0.1, 0.15) is 32.6 Å². The van der Waals surface area contributed by atoms with Crippen LogP contribution in [-0.4, -0.2) is 29.4 Å². The minimum Gasteiger partial charge on any atom is -0.245 e. The third-order valence-corrected chi connectivity index (χ3v) is 4.30. The van der Waals surface area contributed by atoms with Crippen molar-refractivity contribution >= 4 is 37.6 Å². The van der Waals surface area contributed by atoms with Crippen molar-refractivity contribution in [2.24, 2.45) is 0 Å². The van der Waals surface area contributed by atoms with Crippen LogP contribution in [0.15, 0.2) is 24.3 Å². The fraction of sp³-hybridized carbons (Fsp3) is 0.417. The molecular weight excluding hydrogens is 339 g/mol. The molecule has 1 unspecified atom stereocenters. The highest BCUT2D eigenvalue weighted by atomic mass is 35.7. The summed E-state index contributed by atoms with van der Waals surface area (Å²) in [5, 5.41) is 1.47. The van der Waals surface area contributed by atoms with E-state index in [9.17, 15) is 13.2 Å². The van der Waals surface area contributed by atoms with E-state index in [1.54, 1.807) is 45.0 Å². The van der Waals surface area contributed by atoms with Gasteiger partial charge >= 0.3 is 15.3 Å². The van der Waals surface area contributed by atoms with Gasteiger partial charge in [0.25, 0.3) is 0 Å². The van der Waals surface area contributed by atoms with E-state index in [0.717, 1.165) is 5.06 Å². The van der Waals surface area contributed by atoms with Crippen molar-refractivity contribution in [3.8, 4) is 0 Å². The number of nitrogens with zero attached hydrogens (tertiary/aromatic N) is 2. The van der Waals surface area contributed by atoms with Crippen molar-refractivity contribution in [1.29, 1.82) is 0 Å². The van der Waals surface area contributed by atoms with E-state index in [2.05, 4.69) is 0 Å². The van der Waals surface area contributed by atoms with Gasteiger partial charge in [0, 0.05) is 21.3 Å². The number of benzene rings is 1. The molecule has 0 spiro atoms. The number of carbonyl (C=O) groups is 1. The standard InChI is InChI=1S/C12H14Cl2N2O4S/c1-12(2,3)16-11(17)15(21(14,18)19)10(20-16)8-4-6-9(13)7-5-8/h4-7,10H,1-3H3. The first-order valence-electron chi connectivity index (χ1n) is 6.02. The zero-order chi connectivity index (χ0) is 16.0. The summed E-state index contributed by atoms with van der Waals surface area (Å²) in [6.45, 7) is 5.15. The molecule has 1 atom stereocenters. The molecule has 1 saturated heterocycles. The van der Waals surface area contributed by atoms with Crippen LogP contribution < -0.4 is 0 Å². The lowest BCUT2D eigenvalue weighted by Gasteiger charge is -2.28. The molecule has 6 nitrogen and oxygen atoms in total. The Morgan fingerprint density at radius 3 is 2.14 bits per heavy atom. The molecule has 1 aromatic rings. The number of rotatable bonds is 2. The molecule has 21 heavy (non-hydrogen) atoms. The number of amides is 2. The summed E-state index contributed by atoms with van der Waals surface area (Å²) in [5.74, 6) is 0. The first-order chi connectivity index (χ1) is 9.51. The van der Waals surface area contributed by atoms with Crippen LogP contribution in [0.5, 0.6) is 0 Å². The molecule has 1 aliphatic heterocycles. The van der Waals surface area contributed by atoms with E-state index in [4.69, 9.17) is 27.1 Å². The maximum absolute atomic E-state index is 12.3. The normalized spacial score (nSPS) is 20.2. The Labute approximate surface area is 132 Å². The lowest BCUT2D eigenvalue weighted by Crippen LogP contribution is -2.44. The van der Waals surface area contributed by atoms with E-state index in [1.165, 1.54) is 0 Å². The second-order valence-electron chi connectivity index (χ2n) is 5.49. The highest BCUT2D eigenvalue weighted by Crippen LogP contribution is 2.38. The van der Waals surface area contributed by atoms with Crippen LogP contribution in [0.25, 0.3) is 0 Å². The molecule has 1 aromatic carbocycles. The van der Waals surface area contributed by atoms with Crippen LogP contribution in [-0.2, 0) is 14.1 Å². The fourth-order valence-electron chi connectivity index (χ4n) is 1.85. The predicted molar refractivity (Wildman–Crippen MR) is 78.9 cm³/mol. The van der Waals surface area contributed by atoms with E-state index in [-0.39, 0.29) is 0 Å². The second-order valence-corrected chi connectivity index (χ2v) is 8.32. The molecule has 2 amide bonds. The number of hydrogen-bond donors (Lipinski definition) is 0. The summed E-state index contributed by atoms with van der Waals surface area (Å²) in [6.07, 6.45) is -1.16. The van der Waals surface area contributed by atoms with Gasteiger partial charge in [0.05, 0.1) is 5.54 Å². The molecule has 1 aliphatic rings. The Morgan fingerprint density at radius 1 is 1.19 bits per heavy atom. The molecule has 9 heteroatoms. The van der Waals surface area contributed by atoms with Crippen molar-refractivity contribution < 1.29 is 18.0 Å². The Morgan fingerprint density at radius 2 is 1.71 bits per heavy atom. The first kappa shape index (κ1) is 16.4. The van der Waals surface area contributed by atoms with Crippen molar-refractivity contribution in [2.45, 2.75) is 32.5 Å². The van der Waals surface area contributed by atoms with Gasteiger partial charge in [0.1, 0.15) is 0 Å². The maximum Gasteiger partial charge on any atom is 0.361 e. The minimum atomic E-state index is -4.30. The number of hydrogen-bond acceptors (Lipinski definition) is 4. The van der Waals surface area contributed by atoms with Crippen molar-refractivity contribution in [3.63, 3.8) is 0 Å². The SMILES string of the molecule is CC(C)(C)N1OC(c2ccc(Cl)cc2)N(S(=O)(=O)Cl)C1=O. The molecule has 2 rings (SSSR count). The van der Waals surface area contributed by atoms with E-state index < -0.39 is 27.0 Å². The fourth-order valence-corrected chi connectivity index (χ4v) is 3.02. The van der Waals surface area contributed by atoms with Crippen LogP contribution >= 0.6 is 22.3 Å². The Kier molecular flexibility index (Phi) is 4.14. The molecule has 1 fully saturated rings. The van der Waals surface area contributed by atoms with Crippen molar-refractivity contribution in [2.75, 3.05) is 0 Å². The summed E-state index contributed by atoms with van der Waals surface area (Å²) in [5.41, 5.74) is -0.276. The largest absolute Gasteiger partial charge is 0.361 e. The van der Waals surface area contributed by atoms with Gasteiger partial charge in [-0.2, -0.15) is 17.8 Å². The van der Waals surface area contributed by atoms with Crippen molar-refractivity contribution in [3.05, 3.63) is 34.9 Å². The van der Waals surface area contributed by atoms with Crippen LogP contribution in [0.3, 0.4) is 0 Å². The molecule has 0 bridgehead atoms. The zero-order valence-corrected chi connectivity index (χ0v) is 13.9. The van der Waals surface area contributed by atoms with Gasteiger partial charge in [-0.1, -0.05) is 23.7 Å². The highest BCUT2D eigenvalue weighted by Gasteiger charge is 2.49. The second kappa shape index (κ2) is 5.31. The monoisotopic (exact) mass is 352 g/mol. The summed E-state index contributed by atoms with van der Waals surface area (Å²) in [7, 11) is 1.07. The summed E-state index contributed by atoms with van der Waals surface area (Å²) in [6, 6.07) is 5.45. The number of carbonyl (C=O) groups excluding carboxylic acids is 1. The summed E-state index contributed by atoms with van der Waals surface area (Å²) in [4.78, 5) is 17.8. The molecule has 0 aromatic heterocycles. The summed E-state index contributed by atoms with van der Waals surface area (Å²) >= 11 is 5.80. The number of hydroxylamine groups is 2. The lowest BCUT2D eigenvalue weighted by atomic mass is 10.1. The van der Waals surface area contributed by atoms with Crippen LogP contribution in [0.4, 0.5) is 4.79 Å². The minimum absolute atomic E-state index is 0.448. The lowest BCUT2D eigenvalue weighted by molar-refractivity contribution is -0.177. The average molecular weight is 353 g/mol.